The summed E-state index contributed by atoms with van der Waals surface area (Å²) in [5.74, 6) is 0.601. The van der Waals surface area contributed by atoms with Crippen molar-refractivity contribution < 1.29 is 14.3 Å². The highest BCUT2D eigenvalue weighted by Gasteiger charge is 2.31. The van der Waals surface area contributed by atoms with Crippen molar-refractivity contribution in [1.29, 1.82) is 0 Å². The minimum atomic E-state index is -0.571. The van der Waals surface area contributed by atoms with Crippen molar-refractivity contribution in [1.82, 2.24) is 9.88 Å². The van der Waals surface area contributed by atoms with Gasteiger partial charge in [-0.3, -0.25) is 9.69 Å². The zero-order valence-electron chi connectivity index (χ0n) is 15.7. The molecule has 6 nitrogen and oxygen atoms in total. The molecule has 138 valence electrons. The lowest BCUT2D eigenvalue weighted by Crippen LogP contribution is -2.39. The van der Waals surface area contributed by atoms with E-state index in [1.54, 1.807) is 16.0 Å². The number of aromatic nitrogens is 1. The molecule has 1 aromatic heterocycles. The second kappa shape index (κ2) is 8.32. The van der Waals surface area contributed by atoms with Crippen LogP contribution in [0.5, 0.6) is 0 Å². The topological polar surface area (TPSA) is 62.7 Å². The predicted molar refractivity (Wildman–Crippen MR) is 97.5 cm³/mol. The highest BCUT2D eigenvalue weighted by Crippen LogP contribution is 2.35. The van der Waals surface area contributed by atoms with Gasteiger partial charge in [-0.15, -0.1) is 0 Å². The molecule has 0 radical (unpaired) electrons. The van der Waals surface area contributed by atoms with E-state index in [1.807, 2.05) is 32.9 Å². The molecule has 0 aliphatic carbocycles. The molecule has 1 unspecified atom stereocenters. The van der Waals surface area contributed by atoms with Crippen molar-refractivity contribution in [3.63, 3.8) is 0 Å². The normalized spacial score (nSPS) is 17.4. The lowest BCUT2D eigenvalue weighted by atomic mass is 10.0. The molecular formula is C19H29N3O3. The van der Waals surface area contributed by atoms with E-state index in [-0.39, 0.29) is 6.04 Å². The summed E-state index contributed by atoms with van der Waals surface area (Å²) in [4.78, 5) is 32.0. The zero-order chi connectivity index (χ0) is 18.4. The van der Waals surface area contributed by atoms with Crippen LogP contribution in [-0.4, -0.2) is 41.1 Å². The van der Waals surface area contributed by atoms with Gasteiger partial charge >= 0.3 is 6.09 Å². The van der Waals surface area contributed by atoms with Crippen LogP contribution < -0.4 is 4.90 Å². The Bertz CT molecular complexity index is 598. The Morgan fingerprint density at radius 2 is 2.24 bits per heavy atom. The maximum atomic E-state index is 12.8. The Hall–Kier alpha value is -2.11. The molecule has 1 aromatic rings. The molecular weight excluding hydrogens is 318 g/mol. The van der Waals surface area contributed by atoms with Crippen LogP contribution in [0.1, 0.15) is 65.0 Å². The fourth-order valence-electron chi connectivity index (χ4n) is 3.06. The number of ether oxygens (including phenoxy) is 1. The van der Waals surface area contributed by atoms with Gasteiger partial charge in [0, 0.05) is 24.8 Å². The molecule has 2 amide bonds. The summed E-state index contributed by atoms with van der Waals surface area (Å²) < 4.78 is 5.59. The fraction of sp³-hybridized carbons (Fsp3) is 0.632. The average Bonchev–Trinajstić information content (AvgIpc) is 3.02. The number of pyridine rings is 1. The number of carbonyl (C=O) groups excluding carboxylic acids is 2. The van der Waals surface area contributed by atoms with Crippen LogP contribution in [0.15, 0.2) is 18.3 Å². The summed E-state index contributed by atoms with van der Waals surface area (Å²) in [7, 11) is 0. The van der Waals surface area contributed by atoms with E-state index >= 15 is 0 Å². The lowest BCUT2D eigenvalue weighted by Gasteiger charge is -2.30. The first-order valence-electron chi connectivity index (χ1n) is 9.04. The number of likely N-dealkylation sites (tertiary alicyclic amines) is 1. The smallest absolute Gasteiger partial charge is 0.416 e. The highest BCUT2D eigenvalue weighted by atomic mass is 16.6. The number of carbonyl (C=O) groups is 2. The maximum Gasteiger partial charge on any atom is 0.416 e. The lowest BCUT2D eigenvalue weighted by molar-refractivity contribution is -0.118. The molecule has 1 aliphatic rings. The Labute approximate surface area is 150 Å². The number of nitrogens with zero attached hydrogens (tertiary/aromatic N) is 3. The SMILES string of the molecule is CCCCN(C(=O)OC(C)(C)C)c1ncccc1C1CCCN1C=O. The standard InChI is InChI=1S/C19H29N3O3/c1-5-6-13-22(18(24)25-19(2,3)4)17-15(9-7-11-20-17)16-10-8-12-21(16)14-23/h7,9,11,14,16H,5-6,8,10,12-13H2,1-4H3. The van der Waals surface area contributed by atoms with E-state index in [0.29, 0.717) is 12.4 Å². The van der Waals surface area contributed by atoms with Gasteiger partial charge in [0.15, 0.2) is 0 Å². The van der Waals surface area contributed by atoms with E-state index in [9.17, 15) is 9.59 Å². The van der Waals surface area contributed by atoms with Crippen molar-refractivity contribution >= 4 is 18.3 Å². The Morgan fingerprint density at radius 3 is 2.88 bits per heavy atom. The van der Waals surface area contributed by atoms with Crippen LogP contribution in [-0.2, 0) is 9.53 Å². The molecule has 1 saturated heterocycles. The Balaban J connectivity index is 2.36. The summed E-state index contributed by atoms with van der Waals surface area (Å²) >= 11 is 0. The molecule has 0 saturated carbocycles. The zero-order valence-corrected chi connectivity index (χ0v) is 15.7. The van der Waals surface area contributed by atoms with Crippen molar-refractivity contribution in [2.75, 3.05) is 18.0 Å². The molecule has 1 fully saturated rings. The molecule has 0 N–H and O–H groups in total. The molecule has 1 atom stereocenters. The summed E-state index contributed by atoms with van der Waals surface area (Å²) in [5.41, 5.74) is 0.340. The van der Waals surface area contributed by atoms with Crippen LogP contribution in [0.2, 0.25) is 0 Å². The van der Waals surface area contributed by atoms with Crippen LogP contribution >= 0.6 is 0 Å². The minimum absolute atomic E-state index is 0.0345. The van der Waals surface area contributed by atoms with Crippen LogP contribution in [0, 0.1) is 0 Å². The highest BCUT2D eigenvalue weighted by molar-refractivity contribution is 5.87. The number of anilines is 1. The third-order valence-corrected chi connectivity index (χ3v) is 4.21. The van der Waals surface area contributed by atoms with Gasteiger partial charge in [0.05, 0.1) is 6.04 Å². The number of hydrogen-bond acceptors (Lipinski definition) is 4. The van der Waals surface area contributed by atoms with E-state index in [4.69, 9.17) is 4.74 Å². The average molecular weight is 347 g/mol. The molecule has 1 aliphatic heterocycles. The molecule has 25 heavy (non-hydrogen) atoms. The summed E-state index contributed by atoms with van der Waals surface area (Å²) in [6.45, 7) is 8.93. The van der Waals surface area contributed by atoms with Gasteiger partial charge in [0.1, 0.15) is 11.4 Å². The van der Waals surface area contributed by atoms with Crippen molar-refractivity contribution in [3.05, 3.63) is 23.9 Å². The monoisotopic (exact) mass is 347 g/mol. The van der Waals surface area contributed by atoms with Crippen molar-refractivity contribution in [2.24, 2.45) is 0 Å². The van der Waals surface area contributed by atoms with Gasteiger partial charge in [-0.05, 0) is 46.1 Å². The Morgan fingerprint density at radius 1 is 1.48 bits per heavy atom. The molecule has 0 aromatic carbocycles. The summed E-state index contributed by atoms with van der Waals surface area (Å²) in [5, 5.41) is 0. The van der Waals surface area contributed by atoms with Gasteiger partial charge in [-0.25, -0.2) is 9.78 Å². The largest absolute Gasteiger partial charge is 0.443 e. The van der Waals surface area contributed by atoms with E-state index in [2.05, 4.69) is 11.9 Å². The van der Waals surface area contributed by atoms with Crippen LogP contribution in [0.25, 0.3) is 0 Å². The Kier molecular flexibility index (Phi) is 6.39. The van der Waals surface area contributed by atoms with E-state index in [1.165, 1.54) is 0 Å². The van der Waals surface area contributed by atoms with Gasteiger partial charge in [0.25, 0.3) is 0 Å². The first kappa shape index (κ1) is 19.2. The fourth-order valence-corrected chi connectivity index (χ4v) is 3.06. The first-order chi connectivity index (χ1) is 11.9. The third-order valence-electron chi connectivity index (χ3n) is 4.21. The maximum absolute atomic E-state index is 12.8. The van der Waals surface area contributed by atoms with Crippen LogP contribution in [0.3, 0.4) is 0 Å². The van der Waals surface area contributed by atoms with Crippen molar-refractivity contribution in [3.8, 4) is 0 Å². The van der Waals surface area contributed by atoms with E-state index < -0.39 is 11.7 Å². The summed E-state index contributed by atoms with van der Waals surface area (Å²) in [6.07, 6.45) is 5.84. The number of rotatable bonds is 6. The molecule has 0 spiro atoms. The van der Waals surface area contributed by atoms with Gasteiger partial charge in [-0.2, -0.15) is 0 Å². The predicted octanol–water partition coefficient (Wildman–Crippen LogP) is 3.92. The second-order valence-electron chi connectivity index (χ2n) is 7.40. The van der Waals surface area contributed by atoms with E-state index in [0.717, 1.165) is 44.2 Å². The summed E-state index contributed by atoms with van der Waals surface area (Å²) in [6, 6.07) is 3.78. The van der Waals surface area contributed by atoms with Gasteiger partial charge in [-0.1, -0.05) is 19.4 Å². The molecule has 2 heterocycles. The quantitative estimate of drug-likeness (QED) is 0.732. The van der Waals surface area contributed by atoms with Crippen LogP contribution in [0.4, 0.5) is 10.6 Å². The molecule has 2 rings (SSSR count). The second-order valence-corrected chi connectivity index (χ2v) is 7.40. The third kappa shape index (κ3) is 4.94. The van der Waals surface area contributed by atoms with Gasteiger partial charge in [0.2, 0.25) is 6.41 Å². The number of hydrogen-bond donors (Lipinski definition) is 0. The minimum Gasteiger partial charge on any atom is -0.443 e. The molecule has 0 bridgehead atoms. The van der Waals surface area contributed by atoms with Crippen molar-refractivity contribution in [2.45, 2.75) is 65.0 Å². The number of amides is 2. The van der Waals surface area contributed by atoms with Gasteiger partial charge < -0.3 is 9.64 Å². The number of unbranched alkanes of at least 4 members (excludes halogenated alkanes) is 1. The molecule has 6 heteroatoms. The first-order valence-corrected chi connectivity index (χ1v) is 9.04.